The number of nitrogens with one attached hydrogen (secondary N) is 1. The molecule has 0 aliphatic carbocycles. The van der Waals surface area contributed by atoms with Crippen LogP contribution in [0.25, 0.3) is 11.0 Å². The minimum atomic E-state index is -0.422. The molecule has 6 nitrogen and oxygen atoms in total. The number of benzene rings is 1. The van der Waals surface area contributed by atoms with Crippen molar-refractivity contribution in [2.45, 2.75) is 0 Å². The van der Waals surface area contributed by atoms with Gasteiger partial charge in [-0.05, 0) is 34.6 Å². The van der Waals surface area contributed by atoms with Gasteiger partial charge < -0.3 is 5.32 Å². The number of fused-ring (bicyclic) bond motifs is 1. The topological polar surface area (TPSA) is 80.9 Å². The lowest BCUT2D eigenvalue weighted by Gasteiger charge is -2.06. The molecule has 20 heavy (non-hydrogen) atoms. The molecular weight excluding hydrogens is 303 g/mol. The zero-order valence-corrected chi connectivity index (χ0v) is 11.3. The second-order valence-corrected chi connectivity index (χ2v) is 4.61. The third-order valence-electron chi connectivity index (χ3n) is 2.59. The Morgan fingerprint density at radius 2 is 2.00 bits per heavy atom. The van der Waals surface area contributed by atoms with E-state index in [1.54, 1.807) is 18.2 Å². The average molecular weight is 309 g/mol. The summed E-state index contributed by atoms with van der Waals surface area (Å²) >= 11 is 11.6. The van der Waals surface area contributed by atoms with Crippen LogP contribution in [0.2, 0.25) is 10.3 Å². The SMILES string of the molecule is O=C(Nc1cccc2nonc12)c1ccc(Cl)nc1Cl. The highest BCUT2D eigenvalue weighted by molar-refractivity contribution is 6.35. The first-order chi connectivity index (χ1) is 9.65. The molecule has 0 aliphatic heterocycles. The lowest BCUT2D eigenvalue weighted by molar-refractivity contribution is 0.102. The summed E-state index contributed by atoms with van der Waals surface area (Å²) in [7, 11) is 0. The van der Waals surface area contributed by atoms with E-state index < -0.39 is 5.91 Å². The maximum Gasteiger partial charge on any atom is 0.258 e. The van der Waals surface area contributed by atoms with Crippen molar-refractivity contribution in [1.29, 1.82) is 0 Å². The molecular formula is C12H6Cl2N4O2. The molecule has 0 atom stereocenters. The zero-order chi connectivity index (χ0) is 14.1. The van der Waals surface area contributed by atoms with Gasteiger partial charge in [-0.15, -0.1) is 0 Å². The van der Waals surface area contributed by atoms with Gasteiger partial charge in [0.15, 0.2) is 5.52 Å². The fraction of sp³-hybridized carbons (Fsp3) is 0. The molecule has 100 valence electrons. The Labute approximate surface area is 122 Å². The molecule has 3 aromatic rings. The predicted octanol–water partition coefficient (Wildman–Crippen LogP) is 3.18. The van der Waals surface area contributed by atoms with Crippen molar-refractivity contribution in [1.82, 2.24) is 15.3 Å². The standard InChI is InChI=1S/C12H6Cl2N4O2/c13-9-5-4-6(11(14)16-9)12(19)15-7-2-1-3-8-10(7)18-20-17-8/h1-5H,(H,15,19). The maximum atomic E-state index is 12.2. The highest BCUT2D eigenvalue weighted by Crippen LogP contribution is 2.22. The first-order valence-corrected chi connectivity index (χ1v) is 6.25. The van der Waals surface area contributed by atoms with E-state index in [0.29, 0.717) is 16.7 Å². The van der Waals surface area contributed by atoms with Gasteiger partial charge in [-0.3, -0.25) is 4.79 Å². The van der Waals surface area contributed by atoms with Crippen molar-refractivity contribution in [2.75, 3.05) is 5.32 Å². The zero-order valence-electron chi connectivity index (χ0n) is 9.80. The lowest BCUT2D eigenvalue weighted by atomic mass is 10.2. The van der Waals surface area contributed by atoms with Crippen LogP contribution in [-0.2, 0) is 0 Å². The number of pyridine rings is 1. The van der Waals surface area contributed by atoms with E-state index in [2.05, 4.69) is 25.2 Å². The van der Waals surface area contributed by atoms with Crippen LogP contribution in [-0.4, -0.2) is 21.2 Å². The average Bonchev–Trinajstić information content (AvgIpc) is 2.87. The number of amides is 1. The molecule has 0 aliphatic rings. The number of carbonyl (C=O) groups is 1. The quantitative estimate of drug-likeness (QED) is 0.735. The molecule has 0 spiro atoms. The number of anilines is 1. The number of aromatic nitrogens is 3. The Morgan fingerprint density at radius 1 is 1.15 bits per heavy atom. The molecule has 0 radical (unpaired) electrons. The molecule has 3 rings (SSSR count). The summed E-state index contributed by atoms with van der Waals surface area (Å²) < 4.78 is 4.63. The summed E-state index contributed by atoms with van der Waals surface area (Å²) in [6.07, 6.45) is 0. The number of halogens is 2. The highest BCUT2D eigenvalue weighted by Gasteiger charge is 2.14. The van der Waals surface area contributed by atoms with Gasteiger partial charge in [-0.1, -0.05) is 29.3 Å². The van der Waals surface area contributed by atoms with Crippen LogP contribution in [0.15, 0.2) is 35.0 Å². The maximum absolute atomic E-state index is 12.2. The minimum Gasteiger partial charge on any atom is -0.320 e. The van der Waals surface area contributed by atoms with E-state index in [0.717, 1.165) is 0 Å². The molecule has 1 amide bonds. The van der Waals surface area contributed by atoms with Crippen LogP contribution in [0.1, 0.15) is 10.4 Å². The van der Waals surface area contributed by atoms with E-state index in [1.165, 1.54) is 12.1 Å². The van der Waals surface area contributed by atoms with Crippen LogP contribution >= 0.6 is 23.2 Å². The second-order valence-electron chi connectivity index (χ2n) is 3.86. The highest BCUT2D eigenvalue weighted by atomic mass is 35.5. The lowest BCUT2D eigenvalue weighted by Crippen LogP contribution is -2.13. The molecule has 1 aromatic carbocycles. The Hall–Kier alpha value is -2.18. The van der Waals surface area contributed by atoms with Crippen molar-refractivity contribution in [3.05, 3.63) is 46.2 Å². The third-order valence-corrected chi connectivity index (χ3v) is 3.09. The van der Waals surface area contributed by atoms with E-state index in [4.69, 9.17) is 23.2 Å². The van der Waals surface area contributed by atoms with Crippen molar-refractivity contribution >= 4 is 45.8 Å². The van der Waals surface area contributed by atoms with Crippen LogP contribution in [0.5, 0.6) is 0 Å². The largest absolute Gasteiger partial charge is 0.320 e. The number of hydrogen-bond acceptors (Lipinski definition) is 5. The molecule has 0 saturated carbocycles. The third kappa shape index (κ3) is 2.31. The normalized spacial score (nSPS) is 10.7. The van der Waals surface area contributed by atoms with Crippen molar-refractivity contribution in [2.24, 2.45) is 0 Å². The second kappa shape index (κ2) is 5.07. The Kier molecular flexibility index (Phi) is 3.25. The van der Waals surface area contributed by atoms with Gasteiger partial charge in [-0.2, -0.15) is 0 Å². The van der Waals surface area contributed by atoms with Crippen LogP contribution in [0, 0.1) is 0 Å². The summed E-state index contributed by atoms with van der Waals surface area (Å²) in [6.45, 7) is 0. The fourth-order valence-corrected chi connectivity index (χ4v) is 2.11. The minimum absolute atomic E-state index is 0.0282. The smallest absolute Gasteiger partial charge is 0.258 e. The van der Waals surface area contributed by atoms with E-state index in [-0.39, 0.29) is 15.9 Å². The van der Waals surface area contributed by atoms with Crippen LogP contribution in [0.3, 0.4) is 0 Å². The van der Waals surface area contributed by atoms with Gasteiger partial charge in [-0.25, -0.2) is 9.61 Å². The van der Waals surface area contributed by atoms with E-state index in [9.17, 15) is 4.79 Å². The summed E-state index contributed by atoms with van der Waals surface area (Å²) in [5.74, 6) is -0.422. The van der Waals surface area contributed by atoms with Gasteiger partial charge in [0.25, 0.3) is 5.91 Å². The van der Waals surface area contributed by atoms with Gasteiger partial charge in [0.1, 0.15) is 15.8 Å². The summed E-state index contributed by atoms with van der Waals surface area (Å²) in [6, 6.07) is 8.11. The Bertz CT molecular complexity index is 803. The van der Waals surface area contributed by atoms with Crippen LogP contribution < -0.4 is 5.32 Å². The summed E-state index contributed by atoms with van der Waals surface area (Å²) in [4.78, 5) is 16.0. The molecule has 1 N–H and O–H groups in total. The molecule has 0 fully saturated rings. The molecule has 8 heteroatoms. The predicted molar refractivity (Wildman–Crippen MR) is 74.0 cm³/mol. The number of rotatable bonds is 2. The van der Waals surface area contributed by atoms with Gasteiger partial charge in [0.05, 0.1) is 11.3 Å². The first-order valence-electron chi connectivity index (χ1n) is 5.50. The number of carbonyl (C=O) groups excluding carboxylic acids is 1. The summed E-state index contributed by atoms with van der Waals surface area (Å²) in [5.41, 5.74) is 1.69. The molecule has 0 bridgehead atoms. The number of nitrogens with zero attached hydrogens (tertiary/aromatic N) is 3. The fourth-order valence-electron chi connectivity index (χ4n) is 1.68. The monoisotopic (exact) mass is 308 g/mol. The summed E-state index contributed by atoms with van der Waals surface area (Å²) in [5, 5.41) is 10.4. The Morgan fingerprint density at radius 3 is 2.80 bits per heavy atom. The molecule has 0 unspecified atom stereocenters. The Balaban J connectivity index is 1.94. The van der Waals surface area contributed by atoms with Gasteiger partial charge in [0, 0.05) is 0 Å². The van der Waals surface area contributed by atoms with Crippen molar-refractivity contribution in [3.8, 4) is 0 Å². The van der Waals surface area contributed by atoms with Gasteiger partial charge in [0.2, 0.25) is 0 Å². The van der Waals surface area contributed by atoms with Crippen molar-refractivity contribution < 1.29 is 9.42 Å². The van der Waals surface area contributed by atoms with Gasteiger partial charge >= 0.3 is 0 Å². The molecule has 2 heterocycles. The number of hydrogen-bond donors (Lipinski definition) is 1. The molecule has 2 aromatic heterocycles. The van der Waals surface area contributed by atoms with E-state index in [1.807, 2.05) is 0 Å². The van der Waals surface area contributed by atoms with Crippen molar-refractivity contribution in [3.63, 3.8) is 0 Å². The van der Waals surface area contributed by atoms with E-state index >= 15 is 0 Å². The molecule has 0 saturated heterocycles. The first kappa shape index (κ1) is 12.8. The van der Waals surface area contributed by atoms with Crippen LogP contribution in [0.4, 0.5) is 5.69 Å².